The molecule has 0 atom stereocenters. The lowest BCUT2D eigenvalue weighted by Gasteiger charge is -2.25. The van der Waals surface area contributed by atoms with Crippen LogP contribution in [0.5, 0.6) is 0 Å². The van der Waals surface area contributed by atoms with Crippen LogP contribution < -0.4 is 5.32 Å². The van der Waals surface area contributed by atoms with Crippen LogP contribution in [0.1, 0.15) is 52.9 Å². The molecule has 0 unspecified atom stereocenters. The van der Waals surface area contributed by atoms with Crippen molar-refractivity contribution in [3.8, 4) is 0 Å². The molecule has 0 aliphatic carbocycles. The second-order valence-corrected chi connectivity index (χ2v) is 6.13. The fraction of sp³-hybridized carbons (Fsp3) is 0.875. The summed E-state index contributed by atoms with van der Waals surface area (Å²) >= 11 is 0. The molecule has 18 heavy (non-hydrogen) atoms. The van der Waals surface area contributed by atoms with E-state index in [0.717, 1.165) is 5.92 Å². The van der Waals surface area contributed by atoms with Gasteiger partial charge in [-0.05, 0) is 51.7 Å². The number of nitrogens with one attached hydrogen (secondary N) is 1. The Labute approximate surface area is 114 Å². The third-order valence-corrected chi connectivity index (χ3v) is 3.54. The molecule has 1 rings (SSSR count). The van der Waals surface area contributed by atoms with Crippen LogP contribution in [-0.4, -0.2) is 37.6 Å². The number of nitrogens with zero attached hydrogens (tertiary/aromatic N) is 1. The summed E-state index contributed by atoms with van der Waals surface area (Å²) in [6.07, 6.45) is 9.13. The molecule has 0 aromatic heterocycles. The summed E-state index contributed by atoms with van der Waals surface area (Å²) in [5.74, 6) is 0.778. The van der Waals surface area contributed by atoms with Crippen molar-refractivity contribution in [3.05, 3.63) is 11.6 Å². The molecule has 0 fully saturated rings. The number of hydrogen-bond donors (Lipinski definition) is 1. The largest absolute Gasteiger partial charge is 0.316 e. The molecule has 1 N–H and O–H groups in total. The highest BCUT2D eigenvalue weighted by molar-refractivity contribution is 5.04. The summed E-state index contributed by atoms with van der Waals surface area (Å²) in [7, 11) is 0. The minimum Gasteiger partial charge on any atom is -0.316 e. The topological polar surface area (TPSA) is 15.3 Å². The number of unbranched alkanes of at least 4 members (excludes halogenated alkanes) is 3. The number of rotatable bonds is 9. The van der Waals surface area contributed by atoms with Gasteiger partial charge >= 0.3 is 0 Å². The standard InChI is InChI=1S/C16H32N2/c1-15(2)13-17-10-6-4-5-7-11-18-12-8-9-16(3)14-18/h9,15,17H,4-8,10-14H2,1-3H3. The van der Waals surface area contributed by atoms with Crippen LogP contribution in [0.25, 0.3) is 0 Å². The Hall–Kier alpha value is -0.340. The lowest BCUT2D eigenvalue weighted by Crippen LogP contribution is -2.30. The molecular weight excluding hydrogens is 220 g/mol. The summed E-state index contributed by atoms with van der Waals surface area (Å²) in [6.45, 7) is 12.9. The van der Waals surface area contributed by atoms with Gasteiger partial charge in [-0.25, -0.2) is 0 Å². The van der Waals surface area contributed by atoms with E-state index in [-0.39, 0.29) is 0 Å². The van der Waals surface area contributed by atoms with Gasteiger partial charge in [0, 0.05) is 13.1 Å². The van der Waals surface area contributed by atoms with Crippen molar-refractivity contribution >= 4 is 0 Å². The van der Waals surface area contributed by atoms with Gasteiger partial charge in [0.05, 0.1) is 0 Å². The Balaban J connectivity index is 1.85. The molecule has 2 nitrogen and oxygen atoms in total. The lowest BCUT2D eigenvalue weighted by atomic mass is 10.1. The zero-order chi connectivity index (χ0) is 13.2. The van der Waals surface area contributed by atoms with Crippen molar-refractivity contribution in [2.75, 3.05) is 32.7 Å². The first-order valence-corrected chi connectivity index (χ1v) is 7.77. The molecular formula is C16H32N2. The molecule has 1 heterocycles. The highest BCUT2D eigenvalue weighted by atomic mass is 15.1. The van der Waals surface area contributed by atoms with Gasteiger partial charge in [-0.2, -0.15) is 0 Å². The van der Waals surface area contributed by atoms with Crippen LogP contribution >= 0.6 is 0 Å². The normalized spacial score (nSPS) is 17.2. The highest BCUT2D eigenvalue weighted by Gasteiger charge is 2.08. The second-order valence-electron chi connectivity index (χ2n) is 6.13. The van der Waals surface area contributed by atoms with Crippen molar-refractivity contribution in [1.29, 1.82) is 0 Å². The van der Waals surface area contributed by atoms with E-state index in [0.29, 0.717) is 0 Å². The Morgan fingerprint density at radius 1 is 1.22 bits per heavy atom. The fourth-order valence-electron chi connectivity index (χ4n) is 2.51. The maximum absolute atomic E-state index is 3.51. The smallest absolute Gasteiger partial charge is 0.0190 e. The van der Waals surface area contributed by atoms with Gasteiger partial charge in [0.2, 0.25) is 0 Å². The summed E-state index contributed by atoms with van der Waals surface area (Å²) in [4.78, 5) is 2.60. The molecule has 0 aromatic carbocycles. The summed E-state index contributed by atoms with van der Waals surface area (Å²) in [6, 6.07) is 0. The summed E-state index contributed by atoms with van der Waals surface area (Å²) in [5, 5.41) is 3.51. The fourth-order valence-corrected chi connectivity index (χ4v) is 2.51. The first-order chi connectivity index (χ1) is 8.68. The zero-order valence-corrected chi connectivity index (χ0v) is 12.7. The van der Waals surface area contributed by atoms with E-state index in [1.54, 1.807) is 5.57 Å². The van der Waals surface area contributed by atoms with Crippen LogP contribution in [0.4, 0.5) is 0 Å². The van der Waals surface area contributed by atoms with Crippen molar-refractivity contribution in [1.82, 2.24) is 10.2 Å². The van der Waals surface area contributed by atoms with Gasteiger partial charge in [-0.1, -0.05) is 38.3 Å². The maximum Gasteiger partial charge on any atom is 0.0190 e. The molecule has 0 saturated heterocycles. The predicted molar refractivity (Wildman–Crippen MR) is 81.0 cm³/mol. The highest BCUT2D eigenvalue weighted by Crippen LogP contribution is 2.10. The maximum atomic E-state index is 3.51. The van der Waals surface area contributed by atoms with Crippen LogP contribution in [-0.2, 0) is 0 Å². The monoisotopic (exact) mass is 252 g/mol. The first-order valence-electron chi connectivity index (χ1n) is 7.77. The average molecular weight is 252 g/mol. The van der Waals surface area contributed by atoms with Crippen molar-refractivity contribution in [2.24, 2.45) is 5.92 Å². The van der Waals surface area contributed by atoms with Crippen molar-refractivity contribution < 1.29 is 0 Å². The zero-order valence-electron chi connectivity index (χ0n) is 12.7. The average Bonchev–Trinajstić information content (AvgIpc) is 2.32. The quantitative estimate of drug-likeness (QED) is 0.499. The first kappa shape index (κ1) is 15.7. The van der Waals surface area contributed by atoms with Gasteiger partial charge < -0.3 is 5.32 Å². The third-order valence-electron chi connectivity index (χ3n) is 3.54. The molecule has 2 heteroatoms. The minimum atomic E-state index is 0.778. The van der Waals surface area contributed by atoms with E-state index >= 15 is 0 Å². The molecule has 0 bridgehead atoms. The van der Waals surface area contributed by atoms with Gasteiger partial charge in [0.15, 0.2) is 0 Å². The van der Waals surface area contributed by atoms with E-state index in [1.165, 1.54) is 64.8 Å². The molecule has 1 aliphatic heterocycles. The summed E-state index contributed by atoms with van der Waals surface area (Å²) in [5.41, 5.74) is 1.55. The van der Waals surface area contributed by atoms with E-state index in [1.807, 2.05) is 0 Å². The molecule has 1 aliphatic rings. The SMILES string of the molecule is CC1=CCCN(CCCCCCNCC(C)C)C1. The second kappa shape index (κ2) is 9.57. The van der Waals surface area contributed by atoms with E-state index in [4.69, 9.17) is 0 Å². The minimum absolute atomic E-state index is 0.778. The van der Waals surface area contributed by atoms with E-state index < -0.39 is 0 Å². The van der Waals surface area contributed by atoms with Crippen molar-refractivity contribution in [3.63, 3.8) is 0 Å². The Morgan fingerprint density at radius 3 is 2.72 bits per heavy atom. The molecule has 106 valence electrons. The van der Waals surface area contributed by atoms with Crippen molar-refractivity contribution in [2.45, 2.75) is 52.9 Å². The third kappa shape index (κ3) is 7.88. The van der Waals surface area contributed by atoms with Crippen LogP contribution in [0, 0.1) is 5.92 Å². The van der Waals surface area contributed by atoms with Crippen LogP contribution in [0.15, 0.2) is 11.6 Å². The van der Waals surface area contributed by atoms with Crippen LogP contribution in [0.2, 0.25) is 0 Å². The predicted octanol–water partition coefficient (Wildman–Crippen LogP) is 3.44. The van der Waals surface area contributed by atoms with Gasteiger partial charge in [-0.15, -0.1) is 0 Å². The molecule has 0 amide bonds. The molecule has 0 spiro atoms. The molecule has 0 aromatic rings. The molecule has 0 radical (unpaired) electrons. The van der Waals surface area contributed by atoms with E-state index in [9.17, 15) is 0 Å². The van der Waals surface area contributed by atoms with Crippen LogP contribution in [0.3, 0.4) is 0 Å². The molecule has 0 saturated carbocycles. The lowest BCUT2D eigenvalue weighted by molar-refractivity contribution is 0.282. The number of hydrogen-bond acceptors (Lipinski definition) is 2. The Kier molecular flexibility index (Phi) is 8.36. The van der Waals surface area contributed by atoms with Gasteiger partial charge in [-0.3, -0.25) is 4.90 Å². The Bertz CT molecular complexity index is 233. The van der Waals surface area contributed by atoms with Gasteiger partial charge in [0.1, 0.15) is 0 Å². The Morgan fingerprint density at radius 2 is 2.00 bits per heavy atom. The van der Waals surface area contributed by atoms with E-state index in [2.05, 4.69) is 37.1 Å². The van der Waals surface area contributed by atoms with Gasteiger partial charge in [0.25, 0.3) is 0 Å². The summed E-state index contributed by atoms with van der Waals surface area (Å²) < 4.78 is 0.